The summed E-state index contributed by atoms with van der Waals surface area (Å²) in [6, 6.07) is 5.26. The largest absolute Gasteiger partial charge is 0.543 e. The summed E-state index contributed by atoms with van der Waals surface area (Å²) in [4.78, 5) is 29.9. The molecular weight excluding hydrogens is 279 g/mol. The second-order valence-corrected chi connectivity index (χ2v) is 3.77. The first-order chi connectivity index (χ1) is 10.0. The van der Waals surface area contributed by atoms with E-state index in [-0.39, 0.29) is 11.3 Å². The Balaban J connectivity index is 2.38. The Bertz CT molecular complexity index is 770. The fraction of sp³-hybridized carbons (Fsp3) is 0. The molecule has 0 fully saturated rings. The van der Waals surface area contributed by atoms with Crippen molar-refractivity contribution in [3.63, 3.8) is 0 Å². The standard InChI is InChI=1S/C13H7FN4O3/c14-8-2-1-3-9(7(8)6-15)18-12(19)10-11(13(20)21)17-5-4-16-10/h1-5H,(H,18,19)(H,20,21)/p-1. The third-order valence-corrected chi connectivity index (χ3v) is 2.48. The number of nitrogens with zero attached hydrogens (tertiary/aromatic N) is 3. The van der Waals surface area contributed by atoms with Gasteiger partial charge in [-0.2, -0.15) is 5.26 Å². The Morgan fingerprint density at radius 1 is 1.24 bits per heavy atom. The number of halogens is 1. The summed E-state index contributed by atoms with van der Waals surface area (Å²) in [5.41, 5.74) is -1.61. The highest BCUT2D eigenvalue weighted by atomic mass is 19.1. The third-order valence-electron chi connectivity index (χ3n) is 2.48. The van der Waals surface area contributed by atoms with Gasteiger partial charge in [0.1, 0.15) is 23.1 Å². The first-order valence-corrected chi connectivity index (χ1v) is 5.57. The van der Waals surface area contributed by atoms with E-state index in [0.717, 1.165) is 18.5 Å². The number of carboxylic acids is 1. The molecule has 1 aromatic heterocycles. The highest BCUT2D eigenvalue weighted by Crippen LogP contribution is 2.18. The molecule has 7 nitrogen and oxygen atoms in total. The zero-order valence-electron chi connectivity index (χ0n) is 10.3. The van der Waals surface area contributed by atoms with Crippen molar-refractivity contribution in [2.45, 2.75) is 0 Å². The number of nitrogens with one attached hydrogen (secondary N) is 1. The molecule has 1 aromatic carbocycles. The molecule has 0 aliphatic carbocycles. The molecule has 0 aliphatic rings. The number of aromatic nitrogens is 2. The number of benzene rings is 1. The Morgan fingerprint density at radius 3 is 2.52 bits per heavy atom. The van der Waals surface area contributed by atoms with Gasteiger partial charge in [0.25, 0.3) is 5.91 Å². The van der Waals surface area contributed by atoms with Crippen molar-refractivity contribution in [2.24, 2.45) is 0 Å². The minimum atomic E-state index is -1.67. The molecule has 21 heavy (non-hydrogen) atoms. The minimum absolute atomic E-state index is 0.0996. The third kappa shape index (κ3) is 2.82. The molecule has 0 unspecified atom stereocenters. The van der Waals surface area contributed by atoms with Gasteiger partial charge >= 0.3 is 0 Å². The van der Waals surface area contributed by atoms with Crippen molar-refractivity contribution in [2.75, 3.05) is 5.32 Å². The van der Waals surface area contributed by atoms with Crippen LogP contribution in [0.15, 0.2) is 30.6 Å². The lowest BCUT2D eigenvalue weighted by atomic mass is 10.1. The molecule has 8 heteroatoms. The van der Waals surface area contributed by atoms with E-state index in [0.29, 0.717) is 0 Å². The van der Waals surface area contributed by atoms with Gasteiger partial charge in [-0.3, -0.25) is 9.78 Å². The van der Waals surface area contributed by atoms with Gasteiger partial charge in [-0.25, -0.2) is 9.37 Å². The van der Waals surface area contributed by atoms with Gasteiger partial charge in [0.15, 0.2) is 5.69 Å². The molecule has 0 saturated heterocycles. The molecule has 2 rings (SSSR count). The van der Waals surface area contributed by atoms with Crippen LogP contribution >= 0.6 is 0 Å². The van der Waals surface area contributed by atoms with Crippen molar-refractivity contribution in [3.05, 3.63) is 53.4 Å². The molecule has 0 atom stereocenters. The maximum Gasteiger partial charge on any atom is 0.276 e. The Labute approximate surface area is 117 Å². The lowest BCUT2D eigenvalue weighted by Crippen LogP contribution is -2.28. The first kappa shape index (κ1) is 14.1. The highest BCUT2D eigenvalue weighted by Gasteiger charge is 2.17. The van der Waals surface area contributed by atoms with E-state index in [4.69, 9.17) is 5.26 Å². The van der Waals surface area contributed by atoms with Crippen LogP contribution in [0.25, 0.3) is 0 Å². The minimum Gasteiger partial charge on any atom is -0.543 e. The van der Waals surface area contributed by atoms with Crippen LogP contribution in [0, 0.1) is 17.1 Å². The van der Waals surface area contributed by atoms with Crippen LogP contribution < -0.4 is 10.4 Å². The van der Waals surface area contributed by atoms with Crippen LogP contribution in [0.4, 0.5) is 10.1 Å². The number of hydrogen-bond acceptors (Lipinski definition) is 6. The van der Waals surface area contributed by atoms with E-state index in [1.807, 2.05) is 0 Å². The number of amides is 1. The highest BCUT2D eigenvalue weighted by molar-refractivity contribution is 6.08. The molecule has 104 valence electrons. The van der Waals surface area contributed by atoms with Crippen molar-refractivity contribution in [1.82, 2.24) is 9.97 Å². The zero-order valence-corrected chi connectivity index (χ0v) is 10.3. The second-order valence-electron chi connectivity index (χ2n) is 3.77. The summed E-state index contributed by atoms with van der Waals surface area (Å²) >= 11 is 0. The average Bonchev–Trinajstić information content (AvgIpc) is 2.47. The summed E-state index contributed by atoms with van der Waals surface area (Å²) in [5.74, 6) is -3.42. The average molecular weight is 285 g/mol. The van der Waals surface area contributed by atoms with Gasteiger partial charge in [-0.05, 0) is 12.1 Å². The second kappa shape index (κ2) is 5.75. The fourth-order valence-electron chi connectivity index (χ4n) is 1.58. The van der Waals surface area contributed by atoms with Crippen molar-refractivity contribution in [1.29, 1.82) is 5.26 Å². The van der Waals surface area contributed by atoms with E-state index >= 15 is 0 Å². The number of hydrogen-bond donors (Lipinski definition) is 1. The molecule has 1 heterocycles. The quantitative estimate of drug-likeness (QED) is 0.854. The molecule has 0 aliphatic heterocycles. The number of anilines is 1. The van der Waals surface area contributed by atoms with Gasteiger partial charge in [-0.15, -0.1) is 0 Å². The van der Waals surface area contributed by atoms with Crippen molar-refractivity contribution < 1.29 is 19.1 Å². The Hall–Kier alpha value is -3.34. The van der Waals surface area contributed by atoms with Crippen LogP contribution in [0.2, 0.25) is 0 Å². The molecule has 0 bridgehead atoms. The van der Waals surface area contributed by atoms with Crippen LogP contribution in [0.1, 0.15) is 26.5 Å². The summed E-state index contributed by atoms with van der Waals surface area (Å²) in [6.45, 7) is 0. The lowest BCUT2D eigenvalue weighted by Gasteiger charge is -2.09. The number of nitriles is 1. The van der Waals surface area contributed by atoms with Gasteiger partial charge in [0.2, 0.25) is 0 Å². The lowest BCUT2D eigenvalue weighted by molar-refractivity contribution is -0.255. The molecule has 1 amide bonds. The predicted octanol–water partition coefficient (Wildman–Crippen LogP) is 0.103. The summed E-state index contributed by atoms with van der Waals surface area (Å²) in [6.07, 6.45) is 2.21. The van der Waals surface area contributed by atoms with E-state index in [9.17, 15) is 19.1 Å². The van der Waals surface area contributed by atoms with E-state index < -0.39 is 29.1 Å². The van der Waals surface area contributed by atoms with Gasteiger partial charge < -0.3 is 15.2 Å². The summed E-state index contributed by atoms with van der Waals surface area (Å²) in [7, 11) is 0. The SMILES string of the molecule is N#Cc1c(F)cccc1NC(=O)c1nccnc1C(=O)[O-]. The van der Waals surface area contributed by atoms with Crippen LogP contribution in [-0.4, -0.2) is 21.8 Å². The van der Waals surface area contributed by atoms with Gasteiger partial charge in [-0.1, -0.05) is 6.07 Å². The smallest absolute Gasteiger partial charge is 0.276 e. The summed E-state index contributed by atoms with van der Waals surface area (Å²) in [5, 5.41) is 21.9. The van der Waals surface area contributed by atoms with E-state index in [1.165, 1.54) is 12.1 Å². The molecule has 2 aromatic rings. The van der Waals surface area contributed by atoms with Gasteiger partial charge in [0.05, 0.1) is 11.7 Å². The molecular formula is C13H6FN4O3-. The Morgan fingerprint density at radius 2 is 1.90 bits per heavy atom. The van der Waals surface area contributed by atoms with Crippen molar-refractivity contribution in [3.8, 4) is 6.07 Å². The van der Waals surface area contributed by atoms with E-state index in [2.05, 4.69) is 15.3 Å². The number of rotatable bonds is 3. The van der Waals surface area contributed by atoms with Crippen LogP contribution in [0.3, 0.4) is 0 Å². The van der Waals surface area contributed by atoms with Gasteiger partial charge in [0, 0.05) is 12.4 Å². The number of carboxylic acid groups (broad SMARTS) is 1. The molecule has 0 radical (unpaired) electrons. The zero-order chi connectivity index (χ0) is 15.4. The number of carbonyl (C=O) groups excluding carboxylic acids is 2. The summed E-state index contributed by atoms with van der Waals surface area (Å²) < 4.78 is 13.4. The normalized spacial score (nSPS) is 9.71. The first-order valence-electron chi connectivity index (χ1n) is 5.57. The predicted molar refractivity (Wildman–Crippen MR) is 65.4 cm³/mol. The fourth-order valence-corrected chi connectivity index (χ4v) is 1.58. The Kier molecular flexibility index (Phi) is 3.85. The number of aromatic carboxylic acids is 1. The molecule has 0 spiro atoms. The molecule has 1 N–H and O–H groups in total. The van der Waals surface area contributed by atoms with Crippen LogP contribution in [0.5, 0.6) is 0 Å². The topological polar surface area (TPSA) is 119 Å². The van der Waals surface area contributed by atoms with E-state index in [1.54, 1.807) is 6.07 Å². The molecule has 0 saturated carbocycles. The van der Waals surface area contributed by atoms with Crippen LogP contribution in [-0.2, 0) is 0 Å². The monoisotopic (exact) mass is 285 g/mol. The maximum atomic E-state index is 13.4. The van der Waals surface area contributed by atoms with Crippen molar-refractivity contribution >= 4 is 17.6 Å². The maximum absolute atomic E-state index is 13.4. The number of carbonyl (C=O) groups is 2.